The normalized spacial score (nSPS) is 17.1. The van der Waals surface area contributed by atoms with Crippen molar-refractivity contribution in [3.05, 3.63) is 29.8 Å². The molecule has 0 radical (unpaired) electrons. The van der Waals surface area contributed by atoms with Gasteiger partial charge in [-0.3, -0.25) is 0 Å². The van der Waals surface area contributed by atoms with Gasteiger partial charge in [0.25, 0.3) is 0 Å². The summed E-state index contributed by atoms with van der Waals surface area (Å²) in [6.07, 6.45) is 7.20. The average Bonchev–Trinajstić information content (AvgIpc) is 2.38. The van der Waals surface area contributed by atoms with Crippen LogP contribution in [-0.4, -0.2) is 13.1 Å². The standard InChI is InChI=1S/C16H25N/c1-3-17(13-15-7-5-4-6-8-15)16-11-9-14(2)10-12-16/h9-12,15H,3-8,13H2,1-2H3. The largest absolute Gasteiger partial charge is 0.372 e. The fourth-order valence-electron chi connectivity index (χ4n) is 2.85. The Morgan fingerprint density at radius 2 is 1.71 bits per heavy atom. The number of rotatable bonds is 4. The first-order valence-corrected chi connectivity index (χ1v) is 7.11. The highest BCUT2D eigenvalue weighted by Crippen LogP contribution is 2.26. The van der Waals surface area contributed by atoms with E-state index in [2.05, 4.69) is 43.0 Å². The van der Waals surface area contributed by atoms with Crippen LogP contribution in [0.5, 0.6) is 0 Å². The smallest absolute Gasteiger partial charge is 0.0366 e. The zero-order chi connectivity index (χ0) is 12.1. The highest BCUT2D eigenvalue weighted by atomic mass is 15.1. The summed E-state index contributed by atoms with van der Waals surface area (Å²) >= 11 is 0. The third-order valence-corrected chi connectivity index (χ3v) is 3.98. The van der Waals surface area contributed by atoms with Gasteiger partial charge < -0.3 is 4.90 Å². The third kappa shape index (κ3) is 3.49. The minimum Gasteiger partial charge on any atom is -0.372 e. The predicted molar refractivity (Wildman–Crippen MR) is 75.6 cm³/mol. The van der Waals surface area contributed by atoms with Crippen LogP contribution in [-0.2, 0) is 0 Å². The van der Waals surface area contributed by atoms with Crippen molar-refractivity contribution in [3.63, 3.8) is 0 Å². The van der Waals surface area contributed by atoms with E-state index in [9.17, 15) is 0 Å². The number of nitrogens with zero attached hydrogens (tertiary/aromatic N) is 1. The molecule has 94 valence electrons. The van der Waals surface area contributed by atoms with Crippen LogP contribution in [0.2, 0.25) is 0 Å². The predicted octanol–water partition coefficient (Wildman–Crippen LogP) is 4.40. The molecule has 1 aliphatic carbocycles. The van der Waals surface area contributed by atoms with Crippen LogP contribution in [0.25, 0.3) is 0 Å². The van der Waals surface area contributed by atoms with Crippen molar-refractivity contribution in [2.24, 2.45) is 5.92 Å². The summed E-state index contributed by atoms with van der Waals surface area (Å²) in [6, 6.07) is 8.97. The van der Waals surface area contributed by atoms with Crippen molar-refractivity contribution in [1.29, 1.82) is 0 Å². The van der Waals surface area contributed by atoms with Gasteiger partial charge in [-0.2, -0.15) is 0 Å². The zero-order valence-electron chi connectivity index (χ0n) is 11.3. The average molecular weight is 231 g/mol. The summed E-state index contributed by atoms with van der Waals surface area (Å²) in [7, 11) is 0. The molecule has 17 heavy (non-hydrogen) atoms. The first-order chi connectivity index (χ1) is 8.29. The van der Waals surface area contributed by atoms with E-state index in [1.54, 1.807) is 0 Å². The first-order valence-electron chi connectivity index (χ1n) is 7.11. The molecule has 0 amide bonds. The van der Waals surface area contributed by atoms with E-state index in [0.717, 1.165) is 12.5 Å². The molecular formula is C16H25N. The van der Waals surface area contributed by atoms with Crippen molar-refractivity contribution in [2.45, 2.75) is 46.0 Å². The van der Waals surface area contributed by atoms with Crippen molar-refractivity contribution in [2.75, 3.05) is 18.0 Å². The lowest BCUT2D eigenvalue weighted by molar-refractivity contribution is 0.359. The van der Waals surface area contributed by atoms with Gasteiger partial charge in [0.05, 0.1) is 0 Å². The van der Waals surface area contributed by atoms with Gasteiger partial charge in [0.15, 0.2) is 0 Å². The molecule has 0 spiro atoms. The molecule has 0 unspecified atom stereocenters. The van der Waals surface area contributed by atoms with Gasteiger partial charge in [-0.1, -0.05) is 37.0 Å². The number of anilines is 1. The lowest BCUT2D eigenvalue weighted by atomic mass is 9.89. The number of aryl methyl sites for hydroxylation is 1. The van der Waals surface area contributed by atoms with E-state index in [0.29, 0.717) is 0 Å². The molecule has 0 aliphatic heterocycles. The molecular weight excluding hydrogens is 206 g/mol. The van der Waals surface area contributed by atoms with Gasteiger partial charge in [0, 0.05) is 18.8 Å². The highest BCUT2D eigenvalue weighted by molar-refractivity contribution is 5.47. The maximum Gasteiger partial charge on any atom is 0.0366 e. The molecule has 0 bridgehead atoms. The summed E-state index contributed by atoms with van der Waals surface area (Å²) in [4.78, 5) is 2.54. The van der Waals surface area contributed by atoms with Crippen molar-refractivity contribution >= 4 is 5.69 Å². The topological polar surface area (TPSA) is 3.24 Å². The van der Waals surface area contributed by atoms with Crippen LogP contribution in [0.3, 0.4) is 0 Å². The molecule has 0 N–H and O–H groups in total. The Balaban J connectivity index is 1.97. The zero-order valence-corrected chi connectivity index (χ0v) is 11.3. The van der Waals surface area contributed by atoms with Crippen molar-refractivity contribution in [3.8, 4) is 0 Å². The van der Waals surface area contributed by atoms with Gasteiger partial charge in [-0.15, -0.1) is 0 Å². The molecule has 1 heteroatoms. The third-order valence-electron chi connectivity index (χ3n) is 3.98. The molecule has 0 saturated heterocycles. The monoisotopic (exact) mass is 231 g/mol. The number of benzene rings is 1. The van der Waals surface area contributed by atoms with E-state index in [4.69, 9.17) is 0 Å². The van der Waals surface area contributed by atoms with Gasteiger partial charge >= 0.3 is 0 Å². The molecule has 1 fully saturated rings. The van der Waals surface area contributed by atoms with Crippen LogP contribution in [0.15, 0.2) is 24.3 Å². The minimum absolute atomic E-state index is 0.921. The van der Waals surface area contributed by atoms with Crippen LogP contribution in [0, 0.1) is 12.8 Å². The maximum atomic E-state index is 2.54. The SMILES string of the molecule is CCN(CC1CCCCC1)c1ccc(C)cc1. The highest BCUT2D eigenvalue weighted by Gasteiger charge is 2.16. The molecule has 2 rings (SSSR count). The van der Waals surface area contributed by atoms with E-state index in [-0.39, 0.29) is 0 Å². The van der Waals surface area contributed by atoms with E-state index in [1.165, 1.54) is 49.9 Å². The lowest BCUT2D eigenvalue weighted by Gasteiger charge is -2.30. The molecule has 0 aromatic heterocycles. The minimum atomic E-state index is 0.921. The molecule has 0 atom stereocenters. The Morgan fingerprint density at radius 3 is 2.29 bits per heavy atom. The fraction of sp³-hybridized carbons (Fsp3) is 0.625. The van der Waals surface area contributed by atoms with Gasteiger partial charge in [0.2, 0.25) is 0 Å². The summed E-state index contributed by atoms with van der Waals surface area (Å²) in [6.45, 7) is 6.79. The van der Waals surface area contributed by atoms with Gasteiger partial charge in [0.1, 0.15) is 0 Å². The van der Waals surface area contributed by atoms with Crippen LogP contribution < -0.4 is 4.90 Å². The lowest BCUT2D eigenvalue weighted by Crippen LogP contribution is -2.30. The van der Waals surface area contributed by atoms with E-state index >= 15 is 0 Å². The summed E-state index contributed by atoms with van der Waals surface area (Å²) in [5.74, 6) is 0.921. The second-order valence-electron chi connectivity index (χ2n) is 5.38. The fourth-order valence-corrected chi connectivity index (χ4v) is 2.85. The molecule has 1 aliphatic rings. The van der Waals surface area contributed by atoms with Crippen LogP contribution in [0.4, 0.5) is 5.69 Å². The molecule has 1 aromatic carbocycles. The molecule has 1 nitrogen and oxygen atoms in total. The van der Waals surface area contributed by atoms with E-state index in [1.807, 2.05) is 0 Å². The Hall–Kier alpha value is -0.980. The van der Waals surface area contributed by atoms with Crippen LogP contribution >= 0.6 is 0 Å². The molecule has 1 saturated carbocycles. The maximum absolute atomic E-state index is 2.54. The Bertz CT molecular complexity index is 322. The number of hydrogen-bond acceptors (Lipinski definition) is 1. The van der Waals surface area contributed by atoms with Crippen molar-refractivity contribution in [1.82, 2.24) is 0 Å². The molecule has 0 heterocycles. The quantitative estimate of drug-likeness (QED) is 0.742. The first kappa shape index (κ1) is 12.5. The van der Waals surface area contributed by atoms with Gasteiger partial charge in [-0.05, 0) is 44.7 Å². The Morgan fingerprint density at radius 1 is 1.06 bits per heavy atom. The Labute approximate surface area is 106 Å². The van der Waals surface area contributed by atoms with Gasteiger partial charge in [-0.25, -0.2) is 0 Å². The number of hydrogen-bond donors (Lipinski definition) is 0. The summed E-state index contributed by atoms with van der Waals surface area (Å²) in [5, 5.41) is 0. The second-order valence-corrected chi connectivity index (χ2v) is 5.38. The van der Waals surface area contributed by atoms with Crippen molar-refractivity contribution < 1.29 is 0 Å². The molecule has 1 aromatic rings. The second kappa shape index (κ2) is 6.09. The van der Waals surface area contributed by atoms with E-state index < -0.39 is 0 Å². The summed E-state index contributed by atoms with van der Waals surface area (Å²) in [5.41, 5.74) is 2.74. The summed E-state index contributed by atoms with van der Waals surface area (Å²) < 4.78 is 0. The van der Waals surface area contributed by atoms with Crippen LogP contribution in [0.1, 0.15) is 44.6 Å². The Kier molecular flexibility index (Phi) is 4.47.